The summed E-state index contributed by atoms with van der Waals surface area (Å²) in [6, 6.07) is 4.88. The lowest BCUT2D eigenvalue weighted by molar-refractivity contribution is 0.337. The Balaban J connectivity index is 3.13. The highest BCUT2D eigenvalue weighted by molar-refractivity contribution is 7.90. The van der Waals surface area contributed by atoms with Gasteiger partial charge in [0, 0.05) is 6.26 Å². The van der Waals surface area contributed by atoms with Gasteiger partial charge in [-0.1, -0.05) is 0 Å². The number of benzene rings is 1. The quantitative estimate of drug-likeness (QED) is 0.770. The SMILES string of the molecule is CCOc1ccc(S(C)(=O)=O)cc1C. The predicted octanol–water partition coefficient (Wildman–Crippen LogP) is 1.80. The molecule has 0 saturated heterocycles. The highest BCUT2D eigenvalue weighted by Gasteiger charge is 2.08. The van der Waals surface area contributed by atoms with Crippen LogP contribution in [-0.2, 0) is 9.84 Å². The van der Waals surface area contributed by atoms with Gasteiger partial charge in [0.25, 0.3) is 0 Å². The van der Waals surface area contributed by atoms with Crippen molar-refractivity contribution in [2.24, 2.45) is 0 Å². The molecule has 4 heteroatoms. The van der Waals surface area contributed by atoms with Crippen LogP contribution in [0.2, 0.25) is 0 Å². The number of ether oxygens (including phenoxy) is 1. The zero-order chi connectivity index (χ0) is 10.8. The number of sulfone groups is 1. The van der Waals surface area contributed by atoms with Crippen molar-refractivity contribution >= 4 is 9.84 Å². The van der Waals surface area contributed by atoms with Gasteiger partial charge in [0.2, 0.25) is 0 Å². The lowest BCUT2D eigenvalue weighted by Crippen LogP contribution is -1.99. The number of hydrogen-bond acceptors (Lipinski definition) is 3. The molecule has 3 nitrogen and oxygen atoms in total. The zero-order valence-electron chi connectivity index (χ0n) is 8.57. The summed E-state index contributed by atoms with van der Waals surface area (Å²) in [7, 11) is -3.11. The maximum atomic E-state index is 11.2. The molecule has 0 heterocycles. The normalized spacial score (nSPS) is 11.4. The van der Waals surface area contributed by atoms with E-state index in [9.17, 15) is 8.42 Å². The fraction of sp³-hybridized carbons (Fsp3) is 0.400. The summed E-state index contributed by atoms with van der Waals surface area (Å²) in [5.74, 6) is 0.736. The standard InChI is InChI=1S/C10H14O3S/c1-4-13-10-6-5-9(7-8(10)2)14(3,11)12/h5-7H,4H2,1-3H3. The smallest absolute Gasteiger partial charge is 0.175 e. The fourth-order valence-electron chi connectivity index (χ4n) is 1.17. The van der Waals surface area contributed by atoms with Gasteiger partial charge in [-0.2, -0.15) is 0 Å². The molecule has 1 aromatic carbocycles. The molecular weight excluding hydrogens is 200 g/mol. The van der Waals surface area contributed by atoms with Gasteiger partial charge in [-0.15, -0.1) is 0 Å². The molecule has 1 rings (SSSR count). The number of hydrogen-bond donors (Lipinski definition) is 0. The summed E-state index contributed by atoms with van der Waals surface area (Å²) < 4.78 is 27.7. The van der Waals surface area contributed by atoms with Crippen LogP contribution in [0.4, 0.5) is 0 Å². The van der Waals surface area contributed by atoms with E-state index in [1.807, 2.05) is 13.8 Å². The van der Waals surface area contributed by atoms with Crippen LogP contribution in [0.3, 0.4) is 0 Å². The monoisotopic (exact) mass is 214 g/mol. The minimum Gasteiger partial charge on any atom is -0.494 e. The van der Waals surface area contributed by atoms with E-state index in [0.29, 0.717) is 11.5 Å². The van der Waals surface area contributed by atoms with E-state index in [2.05, 4.69) is 0 Å². The molecular formula is C10H14O3S. The first-order chi connectivity index (χ1) is 6.45. The second kappa shape index (κ2) is 4.00. The Morgan fingerprint density at radius 2 is 2.00 bits per heavy atom. The molecule has 1 aromatic rings. The van der Waals surface area contributed by atoms with Crippen LogP contribution in [0.15, 0.2) is 23.1 Å². The minimum absolute atomic E-state index is 0.332. The summed E-state index contributed by atoms with van der Waals surface area (Å²) in [6.07, 6.45) is 1.20. The predicted molar refractivity (Wildman–Crippen MR) is 55.5 cm³/mol. The molecule has 0 aliphatic rings. The molecule has 0 saturated carbocycles. The van der Waals surface area contributed by atoms with Gasteiger partial charge in [0.15, 0.2) is 9.84 Å². The fourth-order valence-corrected chi connectivity index (χ4v) is 1.88. The molecule has 0 bridgehead atoms. The molecule has 0 atom stereocenters. The molecule has 0 unspecified atom stereocenters. The second-order valence-corrected chi connectivity index (χ2v) is 5.15. The lowest BCUT2D eigenvalue weighted by atomic mass is 10.2. The van der Waals surface area contributed by atoms with Crippen molar-refractivity contribution in [3.63, 3.8) is 0 Å². The summed E-state index contributed by atoms with van der Waals surface area (Å²) in [6.45, 7) is 4.31. The first kappa shape index (κ1) is 11.0. The van der Waals surface area contributed by atoms with E-state index in [1.165, 1.54) is 6.26 Å². The topological polar surface area (TPSA) is 43.4 Å². The molecule has 14 heavy (non-hydrogen) atoms. The van der Waals surface area contributed by atoms with Crippen LogP contribution in [0.25, 0.3) is 0 Å². The first-order valence-electron chi connectivity index (χ1n) is 4.38. The van der Waals surface area contributed by atoms with Crippen LogP contribution in [0.5, 0.6) is 5.75 Å². The zero-order valence-corrected chi connectivity index (χ0v) is 9.39. The Morgan fingerprint density at radius 1 is 1.36 bits per heavy atom. The van der Waals surface area contributed by atoms with Crippen LogP contribution in [0.1, 0.15) is 12.5 Å². The van der Waals surface area contributed by atoms with Crippen LogP contribution in [-0.4, -0.2) is 21.3 Å². The summed E-state index contributed by atoms with van der Waals surface area (Å²) in [4.78, 5) is 0.332. The maximum Gasteiger partial charge on any atom is 0.175 e. The highest BCUT2D eigenvalue weighted by Crippen LogP contribution is 2.21. The Labute approximate surface area is 84.6 Å². The van der Waals surface area contributed by atoms with Gasteiger partial charge in [0.1, 0.15) is 5.75 Å². The molecule has 0 aliphatic heterocycles. The van der Waals surface area contributed by atoms with Crippen molar-refractivity contribution in [1.82, 2.24) is 0 Å². The second-order valence-electron chi connectivity index (χ2n) is 3.13. The largest absolute Gasteiger partial charge is 0.494 e. The van der Waals surface area contributed by atoms with E-state index in [1.54, 1.807) is 18.2 Å². The van der Waals surface area contributed by atoms with E-state index >= 15 is 0 Å². The molecule has 0 spiro atoms. The Morgan fingerprint density at radius 3 is 2.43 bits per heavy atom. The average molecular weight is 214 g/mol. The van der Waals surface area contributed by atoms with E-state index in [0.717, 1.165) is 11.3 Å². The van der Waals surface area contributed by atoms with Crippen molar-refractivity contribution < 1.29 is 13.2 Å². The van der Waals surface area contributed by atoms with Gasteiger partial charge in [0.05, 0.1) is 11.5 Å². The van der Waals surface area contributed by atoms with Crippen LogP contribution in [0, 0.1) is 6.92 Å². The average Bonchev–Trinajstić information content (AvgIpc) is 2.07. The van der Waals surface area contributed by atoms with Crippen molar-refractivity contribution in [2.75, 3.05) is 12.9 Å². The lowest BCUT2D eigenvalue weighted by Gasteiger charge is -2.07. The molecule has 0 fully saturated rings. The molecule has 0 radical (unpaired) electrons. The van der Waals surface area contributed by atoms with Gasteiger partial charge >= 0.3 is 0 Å². The van der Waals surface area contributed by atoms with Crippen molar-refractivity contribution in [3.8, 4) is 5.75 Å². The third kappa shape index (κ3) is 2.48. The Kier molecular flexibility index (Phi) is 3.16. The van der Waals surface area contributed by atoms with Gasteiger partial charge in [-0.25, -0.2) is 8.42 Å². The van der Waals surface area contributed by atoms with Gasteiger partial charge in [-0.05, 0) is 37.6 Å². The van der Waals surface area contributed by atoms with Crippen molar-refractivity contribution in [3.05, 3.63) is 23.8 Å². The summed E-state index contributed by atoms with van der Waals surface area (Å²) >= 11 is 0. The van der Waals surface area contributed by atoms with Crippen molar-refractivity contribution in [2.45, 2.75) is 18.7 Å². The van der Waals surface area contributed by atoms with E-state index in [4.69, 9.17) is 4.74 Å². The number of aryl methyl sites for hydroxylation is 1. The molecule has 78 valence electrons. The summed E-state index contributed by atoms with van der Waals surface area (Å²) in [5, 5.41) is 0. The van der Waals surface area contributed by atoms with E-state index in [-0.39, 0.29) is 0 Å². The van der Waals surface area contributed by atoms with Crippen molar-refractivity contribution in [1.29, 1.82) is 0 Å². The van der Waals surface area contributed by atoms with Gasteiger partial charge < -0.3 is 4.74 Å². The molecule has 0 amide bonds. The van der Waals surface area contributed by atoms with E-state index < -0.39 is 9.84 Å². The Hall–Kier alpha value is -1.03. The highest BCUT2D eigenvalue weighted by atomic mass is 32.2. The third-order valence-corrected chi connectivity index (χ3v) is 2.98. The summed E-state index contributed by atoms with van der Waals surface area (Å²) in [5.41, 5.74) is 0.842. The maximum absolute atomic E-state index is 11.2. The molecule has 0 N–H and O–H groups in total. The minimum atomic E-state index is -3.11. The third-order valence-electron chi connectivity index (χ3n) is 1.87. The van der Waals surface area contributed by atoms with Crippen LogP contribution >= 0.6 is 0 Å². The first-order valence-corrected chi connectivity index (χ1v) is 6.28. The van der Waals surface area contributed by atoms with Crippen LogP contribution < -0.4 is 4.74 Å². The number of rotatable bonds is 3. The molecule has 0 aliphatic carbocycles. The van der Waals surface area contributed by atoms with Gasteiger partial charge in [-0.3, -0.25) is 0 Å². The Bertz CT molecular complexity index is 421. The molecule has 0 aromatic heterocycles.